The number of benzene rings is 1. The van der Waals surface area contributed by atoms with E-state index in [-0.39, 0.29) is 6.04 Å². The fourth-order valence-electron chi connectivity index (χ4n) is 2.18. The topological polar surface area (TPSA) is 37.8 Å². The summed E-state index contributed by atoms with van der Waals surface area (Å²) in [4.78, 5) is 8.81. The van der Waals surface area contributed by atoms with Gasteiger partial charge in [0, 0.05) is 22.9 Å². The zero-order valence-corrected chi connectivity index (χ0v) is 12.6. The van der Waals surface area contributed by atoms with Crippen LogP contribution in [-0.4, -0.2) is 9.97 Å². The Kier molecular flexibility index (Phi) is 3.65. The van der Waals surface area contributed by atoms with Crippen molar-refractivity contribution < 1.29 is 0 Å². The number of aromatic nitrogens is 2. The van der Waals surface area contributed by atoms with Crippen LogP contribution in [0.4, 0.5) is 5.69 Å². The second-order valence-electron chi connectivity index (χ2n) is 4.66. The highest BCUT2D eigenvalue weighted by Gasteiger charge is 2.08. The van der Waals surface area contributed by atoms with Crippen molar-refractivity contribution >= 4 is 32.7 Å². The molecule has 0 saturated heterocycles. The molecule has 1 N–H and O–H groups in total. The van der Waals surface area contributed by atoms with Crippen LogP contribution in [0.25, 0.3) is 11.0 Å². The summed E-state index contributed by atoms with van der Waals surface area (Å²) >= 11 is 3.42. The molecule has 0 bridgehead atoms. The highest BCUT2D eigenvalue weighted by molar-refractivity contribution is 9.10. The van der Waals surface area contributed by atoms with Crippen molar-refractivity contribution in [1.82, 2.24) is 9.97 Å². The molecule has 3 aromatic rings. The molecule has 1 atom stereocenters. The number of hydrogen-bond acceptors (Lipinski definition) is 3. The van der Waals surface area contributed by atoms with E-state index in [1.165, 1.54) is 5.56 Å². The molecule has 3 nitrogen and oxygen atoms in total. The molecule has 1 unspecified atom stereocenters. The quantitative estimate of drug-likeness (QED) is 0.765. The number of halogens is 1. The zero-order chi connectivity index (χ0) is 13.9. The van der Waals surface area contributed by atoms with Crippen LogP contribution in [0, 0.1) is 0 Å². The fraction of sp³-hybridized carbons (Fsp3) is 0.125. The van der Waals surface area contributed by atoms with Gasteiger partial charge in [0.1, 0.15) is 5.52 Å². The standard InChI is InChI=1S/C16H14BrN3/c1-11(12-5-3-2-4-6-12)20-14-7-8-18-15-9-13(17)10-19-16(14)15/h2-11H,1H3,(H,18,20). The van der Waals surface area contributed by atoms with E-state index in [2.05, 4.69) is 50.3 Å². The maximum Gasteiger partial charge on any atom is 0.112 e. The van der Waals surface area contributed by atoms with Gasteiger partial charge in [0.05, 0.1) is 11.2 Å². The fourth-order valence-corrected chi connectivity index (χ4v) is 2.50. The van der Waals surface area contributed by atoms with Crippen LogP contribution >= 0.6 is 15.9 Å². The van der Waals surface area contributed by atoms with E-state index in [0.29, 0.717) is 0 Å². The van der Waals surface area contributed by atoms with E-state index in [4.69, 9.17) is 0 Å². The smallest absolute Gasteiger partial charge is 0.112 e. The molecule has 2 heterocycles. The summed E-state index contributed by atoms with van der Waals surface area (Å²) in [6.07, 6.45) is 3.60. The van der Waals surface area contributed by atoms with Crippen LogP contribution in [0.5, 0.6) is 0 Å². The van der Waals surface area contributed by atoms with Crippen molar-refractivity contribution in [2.24, 2.45) is 0 Å². The number of nitrogens with one attached hydrogen (secondary N) is 1. The first-order valence-electron chi connectivity index (χ1n) is 6.46. The SMILES string of the molecule is CC(Nc1ccnc2cc(Br)cnc12)c1ccccc1. The first kappa shape index (κ1) is 13.1. The molecule has 0 aliphatic rings. The van der Waals surface area contributed by atoms with Gasteiger partial charge in [-0.15, -0.1) is 0 Å². The van der Waals surface area contributed by atoms with Crippen molar-refractivity contribution in [3.63, 3.8) is 0 Å². The minimum absolute atomic E-state index is 0.215. The van der Waals surface area contributed by atoms with Crippen molar-refractivity contribution in [3.8, 4) is 0 Å². The predicted molar refractivity (Wildman–Crippen MR) is 85.7 cm³/mol. The highest BCUT2D eigenvalue weighted by atomic mass is 79.9. The van der Waals surface area contributed by atoms with Crippen LogP contribution in [-0.2, 0) is 0 Å². The van der Waals surface area contributed by atoms with E-state index in [1.54, 1.807) is 12.4 Å². The van der Waals surface area contributed by atoms with Crippen molar-refractivity contribution in [2.75, 3.05) is 5.32 Å². The summed E-state index contributed by atoms with van der Waals surface area (Å²) in [6, 6.07) is 14.5. The molecule has 0 saturated carbocycles. The molecule has 0 aliphatic heterocycles. The Balaban J connectivity index is 1.95. The first-order chi connectivity index (χ1) is 9.74. The maximum atomic E-state index is 4.46. The monoisotopic (exact) mass is 327 g/mol. The molecule has 0 spiro atoms. The van der Waals surface area contributed by atoms with E-state index in [9.17, 15) is 0 Å². The number of rotatable bonds is 3. The molecule has 20 heavy (non-hydrogen) atoms. The van der Waals surface area contributed by atoms with Gasteiger partial charge in [-0.1, -0.05) is 30.3 Å². The third-order valence-corrected chi connectivity index (χ3v) is 3.65. The minimum Gasteiger partial charge on any atom is -0.377 e. The van der Waals surface area contributed by atoms with Crippen LogP contribution in [0.1, 0.15) is 18.5 Å². The third-order valence-electron chi connectivity index (χ3n) is 3.22. The minimum atomic E-state index is 0.215. The van der Waals surface area contributed by atoms with Crippen molar-refractivity contribution in [1.29, 1.82) is 0 Å². The first-order valence-corrected chi connectivity index (χ1v) is 7.25. The molecule has 0 fully saturated rings. The van der Waals surface area contributed by atoms with Gasteiger partial charge in [-0.2, -0.15) is 0 Å². The average molecular weight is 328 g/mol. The third kappa shape index (κ3) is 2.65. The van der Waals surface area contributed by atoms with E-state index >= 15 is 0 Å². The summed E-state index contributed by atoms with van der Waals surface area (Å²) in [7, 11) is 0. The van der Waals surface area contributed by atoms with Gasteiger partial charge < -0.3 is 5.32 Å². The number of pyridine rings is 2. The Morgan fingerprint density at radius 2 is 1.90 bits per heavy atom. The van der Waals surface area contributed by atoms with Gasteiger partial charge in [-0.25, -0.2) is 0 Å². The molecule has 4 heteroatoms. The van der Waals surface area contributed by atoms with Gasteiger partial charge in [0.2, 0.25) is 0 Å². The summed E-state index contributed by atoms with van der Waals surface area (Å²) in [6.45, 7) is 2.14. The lowest BCUT2D eigenvalue weighted by atomic mass is 10.1. The van der Waals surface area contributed by atoms with E-state index < -0.39 is 0 Å². The molecule has 2 aromatic heterocycles. The van der Waals surface area contributed by atoms with Gasteiger partial charge in [0.15, 0.2) is 0 Å². The molecule has 1 aromatic carbocycles. The summed E-state index contributed by atoms with van der Waals surface area (Å²) < 4.78 is 0.936. The van der Waals surface area contributed by atoms with Crippen LogP contribution in [0.3, 0.4) is 0 Å². The zero-order valence-electron chi connectivity index (χ0n) is 11.0. The van der Waals surface area contributed by atoms with Crippen LogP contribution in [0.2, 0.25) is 0 Å². The number of nitrogens with zero attached hydrogens (tertiary/aromatic N) is 2. The molecule has 0 radical (unpaired) electrons. The van der Waals surface area contributed by atoms with Gasteiger partial charge in [-0.05, 0) is 40.5 Å². The number of hydrogen-bond donors (Lipinski definition) is 1. The second-order valence-corrected chi connectivity index (χ2v) is 5.57. The van der Waals surface area contributed by atoms with Gasteiger partial charge in [-0.3, -0.25) is 9.97 Å². The average Bonchev–Trinajstić information content (AvgIpc) is 2.48. The summed E-state index contributed by atoms with van der Waals surface area (Å²) in [5.74, 6) is 0. The second kappa shape index (κ2) is 5.59. The Labute approximate surface area is 126 Å². The maximum absolute atomic E-state index is 4.46. The molecular weight excluding hydrogens is 314 g/mol. The summed E-state index contributed by atoms with van der Waals surface area (Å²) in [5, 5.41) is 3.50. The lowest BCUT2D eigenvalue weighted by molar-refractivity contribution is 0.885. The Morgan fingerprint density at radius 3 is 2.70 bits per heavy atom. The van der Waals surface area contributed by atoms with Gasteiger partial charge >= 0.3 is 0 Å². The highest BCUT2D eigenvalue weighted by Crippen LogP contribution is 2.25. The Hall–Kier alpha value is -1.94. The molecule has 3 rings (SSSR count). The summed E-state index contributed by atoms with van der Waals surface area (Å²) in [5.41, 5.74) is 4.01. The van der Waals surface area contributed by atoms with Gasteiger partial charge in [0.25, 0.3) is 0 Å². The Morgan fingerprint density at radius 1 is 1.10 bits per heavy atom. The Bertz CT molecular complexity index is 728. The van der Waals surface area contributed by atoms with Crippen molar-refractivity contribution in [2.45, 2.75) is 13.0 Å². The molecular formula is C16H14BrN3. The largest absolute Gasteiger partial charge is 0.377 e. The lowest BCUT2D eigenvalue weighted by Gasteiger charge is -2.16. The number of fused-ring (bicyclic) bond motifs is 1. The predicted octanol–water partition coefficient (Wildman–Crippen LogP) is 4.57. The van der Waals surface area contributed by atoms with E-state index in [0.717, 1.165) is 21.2 Å². The number of anilines is 1. The van der Waals surface area contributed by atoms with Crippen LogP contribution in [0.15, 0.2) is 59.3 Å². The van der Waals surface area contributed by atoms with Crippen LogP contribution < -0.4 is 5.32 Å². The molecule has 100 valence electrons. The van der Waals surface area contributed by atoms with Crippen molar-refractivity contribution in [3.05, 3.63) is 64.9 Å². The lowest BCUT2D eigenvalue weighted by Crippen LogP contribution is -2.07. The molecule has 0 amide bonds. The normalized spacial score (nSPS) is 12.3. The molecule has 0 aliphatic carbocycles. The van der Waals surface area contributed by atoms with E-state index in [1.807, 2.05) is 30.3 Å².